The van der Waals surface area contributed by atoms with Gasteiger partial charge in [-0.1, -0.05) is 6.07 Å². The molecule has 0 radical (unpaired) electrons. The van der Waals surface area contributed by atoms with Crippen molar-refractivity contribution < 1.29 is 14.6 Å². The number of carbonyl (C=O) groups excluding carboxylic acids is 1. The van der Waals surface area contributed by atoms with Gasteiger partial charge >= 0.3 is 0 Å². The Morgan fingerprint density at radius 2 is 2.17 bits per heavy atom. The molecule has 29 heavy (non-hydrogen) atoms. The maximum Gasteiger partial charge on any atom is 0.255 e. The standard InChI is InChI=1S/C21H30N4O3S/c1-15-17(13-22-24(15)3)18(26)23-20(2)8-11-28-21(19(20)27)6-9-25(10-7-21)14-16-5-4-12-29-16/h4-5,12-13,19,27H,6-11,14H2,1-3H3,(H,23,26)/t19-,20+/m0/s1. The van der Waals surface area contributed by atoms with E-state index in [1.54, 1.807) is 22.2 Å². The Bertz CT molecular complexity index is 857. The van der Waals surface area contributed by atoms with Crippen LogP contribution in [-0.2, 0) is 18.3 Å². The van der Waals surface area contributed by atoms with Gasteiger partial charge in [-0.25, -0.2) is 0 Å². The molecule has 158 valence electrons. The Kier molecular flexibility index (Phi) is 5.54. The predicted molar refractivity (Wildman–Crippen MR) is 112 cm³/mol. The van der Waals surface area contributed by atoms with E-state index in [1.165, 1.54) is 4.88 Å². The van der Waals surface area contributed by atoms with Crippen molar-refractivity contribution in [2.45, 2.75) is 56.9 Å². The summed E-state index contributed by atoms with van der Waals surface area (Å²) in [6.07, 6.45) is 2.93. The number of likely N-dealkylation sites (tertiary alicyclic amines) is 1. The van der Waals surface area contributed by atoms with Gasteiger partial charge in [0.2, 0.25) is 0 Å². The van der Waals surface area contributed by atoms with Crippen LogP contribution in [0, 0.1) is 6.92 Å². The van der Waals surface area contributed by atoms with Crippen LogP contribution < -0.4 is 5.32 Å². The number of hydrogen-bond acceptors (Lipinski definition) is 6. The summed E-state index contributed by atoms with van der Waals surface area (Å²) in [5.41, 5.74) is 0.0282. The number of aromatic nitrogens is 2. The van der Waals surface area contributed by atoms with Crippen LogP contribution in [0.5, 0.6) is 0 Å². The first-order valence-corrected chi connectivity index (χ1v) is 11.1. The highest BCUT2D eigenvalue weighted by atomic mass is 32.1. The fourth-order valence-corrected chi connectivity index (χ4v) is 5.32. The third kappa shape index (κ3) is 3.86. The van der Waals surface area contributed by atoms with Crippen LogP contribution in [0.3, 0.4) is 0 Å². The van der Waals surface area contributed by atoms with Gasteiger partial charge < -0.3 is 15.2 Å². The van der Waals surface area contributed by atoms with Gasteiger partial charge in [0.15, 0.2) is 0 Å². The summed E-state index contributed by atoms with van der Waals surface area (Å²) in [6.45, 7) is 7.03. The molecule has 2 fully saturated rings. The number of carbonyl (C=O) groups is 1. The lowest BCUT2D eigenvalue weighted by atomic mass is 9.73. The summed E-state index contributed by atoms with van der Waals surface area (Å²) in [4.78, 5) is 16.6. The molecule has 2 aliphatic heterocycles. The van der Waals surface area contributed by atoms with Crippen LogP contribution >= 0.6 is 11.3 Å². The molecule has 2 saturated heterocycles. The third-order valence-electron chi connectivity index (χ3n) is 6.65. The topological polar surface area (TPSA) is 79.6 Å². The zero-order valence-electron chi connectivity index (χ0n) is 17.4. The van der Waals surface area contributed by atoms with Crippen LogP contribution in [0.4, 0.5) is 0 Å². The first-order valence-electron chi connectivity index (χ1n) is 10.2. The molecule has 0 aliphatic carbocycles. The van der Waals surface area contributed by atoms with Crippen molar-refractivity contribution in [1.29, 1.82) is 0 Å². The molecule has 2 aliphatic rings. The van der Waals surface area contributed by atoms with E-state index in [4.69, 9.17) is 4.74 Å². The van der Waals surface area contributed by atoms with Crippen molar-refractivity contribution in [3.8, 4) is 0 Å². The number of amides is 1. The van der Waals surface area contributed by atoms with Gasteiger partial charge in [0, 0.05) is 43.9 Å². The Hall–Kier alpha value is -1.74. The van der Waals surface area contributed by atoms with Crippen LogP contribution in [-0.4, -0.2) is 62.6 Å². The number of ether oxygens (including phenoxy) is 1. The van der Waals surface area contributed by atoms with E-state index in [-0.39, 0.29) is 5.91 Å². The summed E-state index contributed by atoms with van der Waals surface area (Å²) in [5, 5.41) is 20.7. The van der Waals surface area contributed by atoms with Gasteiger partial charge in [0.25, 0.3) is 5.91 Å². The Morgan fingerprint density at radius 3 is 2.79 bits per heavy atom. The number of thiophene rings is 1. The van der Waals surface area contributed by atoms with Crippen LogP contribution in [0.25, 0.3) is 0 Å². The van der Waals surface area contributed by atoms with Crippen molar-refractivity contribution in [2.24, 2.45) is 7.05 Å². The molecule has 4 heterocycles. The second-order valence-corrected chi connectivity index (χ2v) is 9.59. The lowest BCUT2D eigenvalue weighted by Crippen LogP contribution is -2.69. The van der Waals surface area contributed by atoms with E-state index in [0.29, 0.717) is 18.6 Å². The number of nitrogens with one attached hydrogen (secondary N) is 1. The van der Waals surface area contributed by atoms with Gasteiger partial charge in [-0.3, -0.25) is 14.4 Å². The molecule has 2 aromatic rings. The van der Waals surface area contributed by atoms with E-state index in [1.807, 2.05) is 20.9 Å². The SMILES string of the molecule is Cc1c(C(=O)N[C@]2(C)CCOC3(CCN(Cc4cccs4)CC3)[C@H]2O)cnn1C. The Morgan fingerprint density at radius 1 is 1.41 bits per heavy atom. The lowest BCUT2D eigenvalue weighted by Gasteiger charge is -2.53. The van der Waals surface area contributed by atoms with Crippen LogP contribution in [0.1, 0.15) is 47.1 Å². The van der Waals surface area contributed by atoms with Gasteiger partial charge in [-0.05, 0) is 44.6 Å². The summed E-state index contributed by atoms with van der Waals surface area (Å²) in [7, 11) is 1.82. The second kappa shape index (κ2) is 7.83. The van der Waals surface area contributed by atoms with Gasteiger partial charge in [0.05, 0.1) is 22.9 Å². The Balaban J connectivity index is 1.44. The molecule has 0 unspecified atom stereocenters. The zero-order chi connectivity index (χ0) is 20.6. The molecule has 7 nitrogen and oxygen atoms in total. The van der Waals surface area contributed by atoms with E-state index in [0.717, 1.165) is 38.2 Å². The van der Waals surface area contributed by atoms with Crippen LogP contribution in [0.15, 0.2) is 23.7 Å². The molecule has 2 atom stereocenters. The average molecular weight is 419 g/mol. The number of rotatable bonds is 4. The normalized spacial score (nSPS) is 27.2. The van der Waals surface area contributed by atoms with Gasteiger partial charge in [-0.15, -0.1) is 11.3 Å². The molecule has 2 N–H and O–H groups in total. The van der Waals surface area contributed by atoms with Gasteiger partial charge in [-0.2, -0.15) is 5.10 Å². The molecular weight excluding hydrogens is 388 g/mol. The number of hydrogen-bond donors (Lipinski definition) is 2. The largest absolute Gasteiger partial charge is 0.388 e. The molecule has 0 bridgehead atoms. The number of aliphatic hydroxyl groups is 1. The van der Waals surface area contributed by atoms with Crippen molar-refractivity contribution in [2.75, 3.05) is 19.7 Å². The average Bonchev–Trinajstić information content (AvgIpc) is 3.32. The highest BCUT2D eigenvalue weighted by molar-refractivity contribution is 7.09. The van der Waals surface area contributed by atoms with Crippen molar-refractivity contribution in [3.63, 3.8) is 0 Å². The van der Waals surface area contributed by atoms with Crippen molar-refractivity contribution in [1.82, 2.24) is 20.0 Å². The minimum Gasteiger partial charge on any atom is -0.388 e. The zero-order valence-corrected chi connectivity index (χ0v) is 18.2. The number of aryl methyl sites for hydroxylation is 1. The molecule has 1 spiro atoms. The van der Waals surface area contributed by atoms with Crippen molar-refractivity contribution in [3.05, 3.63) is 39.8 Å². The molecular formula is C21H30N4O3S. The first kappa shape index (κ1) is 20.5. The lowest BCUT2D eigenvalue weighted by molar-refractivity contribution is -0.205. The number of aliphatic hydroxyl groups excluding tert-OH is 1. The minimum atomic E-state index is -0.756. The molecule has 1 amide bonds. The third-order valence-corrected chi connectivity index (χ3v) is 7.51. The molecule has 0 aromatic carbocycles. The minimum absolute atomic E-state index is 0.190. The van der Waals surface area contributed by atoms with E-state index >= 15 is 0 Å². The number of nitrogens with zero attached hydrogens (tertiary/aromatic N) is 3. The highest BCUT2D eigenvalue weighted by Gasteiger charge is 2.53. The molecule has 4 rings (SSSR count). The monoisotopic (exact) mass is 418 g/mol. The van der Waals surface area contributed by atoms with Crippen molar-refractivity contribution >= 4 is 17.2 Å². The quantitative estimate of drug-likeness (QED) is 0.795. The second-order valence-electron chi connectivity index (χ2n) is 8.56. The molecule has 0 saturated carbocycles. The van der Waals surface area contributed by atoms with Gasteiger partial charge in [0.1, 0.15) is 6.10 Å². The fraction of sp³-hybridized carbons (Fsp3) is 0.619. The maximum atomic E-state index is 12.9. The maximum absolute atomic E-state index is 12.9. The van der Waals surface area contributed by atoms with Crippen LogP contribution in [0.2, 0.25) is 0 Å². The fourth-order valence-electron chi connectivity index (χ4n) is 4.57. The summed E-state index contributed by atoms with van der Waals surface area (Å²) >= 11 is 1.77. The van der Waals surface area contributed by atoms with E-state index < -0.39 is 17.2 Å². The number of piperidine rings is 1. The van der Waals surface area contributed by atoms with E-state index in [9.17, 15) is 9.90 Å². The Labute approximate surface area is 175 Å². The molecule has 8 heteroatoms. The summed E-state index contributed by atoms with van der Waals surface area (Å²) in [6, 6.07) is 4.24. The summed E-state index contributed by atoms with van der Waals surface area (Å²) in [5.74, 6) is -0.190. The smallest absolute Gasteiger partial charge is 0.255 e. The summed E-state index contributed by atoms with van der Waals surface area (Å²) < 4.78 is 7.85. The first-order chi connectivity index (χ1) is 13.8. The molecule has 2 aromatic heterocycles. The predicted octanol–water partition coefficient (Wildman–Crippen LogP) is 2.09. The highest BCUT2D eigenvalue weighted by Crippen LogP contribution is 2.40. The van der Waals surface area contributed by atoms with E-state index in [2.05, 4.69) is 32.8 Å².